The second-order valence-electron chi connectivity index (χ2n) is 3.71. The SMILES string of the molecule is O[C@@H]1C=C[C@@H]([C@@H](O)c2ccccc2)C1. The van der Waals surface area contributed by atoms with Gasteiger partial charge in [-0.15, -0.1) is 0 Å². The largest absolute Gasteiger partial charge is 0.389 e. The van der Waals surface area contributed by atoms with Crippen LogP contribution in [-0.4, -0.2) is 16.3 Å². The standard InChI is InChI=1S/C12H14O2/c13-11-7-6-10(8-11)12(14)9-4-2-1-3-5-9/h1-7,10-14H,8H2/t10-,11-,12+/m1/s1. The van der Waals surface area contributed by atoms with E-state index >= 15 is 0 Å². The Bertz CT molecular complexity index is 318. The molecule has 2 nitrogen and oxygen atoms in total. The van der Waals surface area contributed by atoms with Crippen LogP contribution in [0.3, 0.4) is 0 Å². The lowest BCUT2D eigenvalue weighted by molar-refractivity contribution is 0.108. The quantitative estimate of drug-likeness (QED) is 0.696. The predicted octanol–water partition coefficient (Wildman–Crippen LogP) is 1.66. The third kappa shape index (κ3) is 1.86. The zero-order chi connectivity index (χ0) is 9.97. The summed E-state index contributed by atoms with van der Waals surface area (Å²) in [5.74, 6) is 0.0485. The molecule has 0 aromatic heterocycles. The normalized spacial score (nSPS) is 27.9. The number of aliphatic hydroxyl groups is 2. The van der Waals surface area contributed by atoms with Crippen LogP contribution < -0.4 is 0 Å². The van der Waals surface area contributed by atoms with Crippen LogP contribution >= 0.6 is 0 Å². The van der Waals surface area contributed by atoms with Crippen molar-refractivity contribution in [2.75, 3.05) is 0 Å². The molecule has 2 rings (SSSR count). The average molecular weight is 190 g/mol. The fourth-order valence-corrected chi connectivity index (χ4v) is 1.84. The Morgan fingerprint density at radius 1 is 1.14 bits per heavy atom. The first-order chi connectivity index (χ1) is 6.77. The van der Waals surface area contributed by atoms with Crippen molar-refractivity contribution >= 4 is 0 Å². The van der Waals surface area contributed by atoms with Gasteiger partial charge in [-0.05, 0) is 12.0 Å². The smallest absolute Gasteiger partial charge is 0.0853 e. The van der Waals surface area contributed by atoms with Gasteiger partial charge in [0.2, 0.25) is 0 Å². The molecule has 2 N–H and O–H groups in total. The van der Waals surface area contributed by atoms with Crippen LogP contribution in [0.1, 0.15) is 18.1 Å². The fourth-order valence-electron chi connectivity index (χ4n) is 1.84. The average Bonchev–Trinajstić information content (AvgIpc) is 2.65. The lowest BCUT2D eigenvalue weighted by Crippen LogP contribution is -2.11. The highest BCUT2D eigenvalue weighted by atomic mass is 16.3. The van der Waals surface area contributed by atoms with Crippen LogP contribution in [0.2, 0.25) is 0 Å². The van der Waals surface area contributed by atoms with Crippen LogP contribution in [0.15, 0.2) is 42.5 Å². The van der Waals surface area contributed by atoms with Crippen molar-refractivity contribution < 1.29 is 10.2 Å². The highest BCUT2D eigenvalue weighted by molar-refractivity contribution is 5.20. The molecule has 14 heavy (non-hydrogen) atoms. The van der Waals surface area contributed by atoms with E-state index in [-0.39, 0.29) is 5.92 Å². The summed E-state index contributed by atoms with van der Waals surface area (Å²) in [6.45, 7) is 0. The summed E-state index contributed by atoms with van der Waals surface area (Å²) in [7, 11) is 0. The minimum atomic E-state index is -0.496. The van der Waals surface area contributed by atoms with Gasteiger partial charge < -0.3 is 10.2 Å². The lowest BCUT2D eigenvalue weighted by Gasteiger charge is -2.17. The van der Waals surface area contributed by atoms with Crippen molar-refractivity contribution in [1.82, 2.24) is 0 Å². The summed E-state index contributed by atoms with van der Waals surface area (Å²) < 4.78 is 0. The second kappa shape index (κ2) is 3.95. The number of hydrogen-bond donors (Lipinski definition) is 2. The molecule has 0 aliphatic heterocycles. The summed E-state index contributed by atoms with van der Waals surface area (Å²) in [6.07, 6.45) is 3.37. The summed E-state index contributed by atoms with van der Waals surface area (Å²) in [5, 5.41) is 19.3. The number of hydrogen-bond acceptors (Lipinski definition) is 2. The molecular weight excluding hydrogens is 176 g/mol. The van der Waals surface area contributed by atoms with Crippen molar-refractivity contribution in [2.45, 2.75) is 18.6 Å². The van der Waals surface area contributed by atoms with Gasteiger partial charge in [0.1, 0.15) is 0 Å². The van der Waals surface area contributed by atoms with Crippen molar-refractivity contribution in [3.8, 4) is 0 Å². The Kier molecular flexibility index (Phi) is 2.66. The molecule has 0 heterocycles. The van der Waals surface area contributed by atoms with E-state index in [1.165, 1.54) is 0 Å². The molecule has 3 atom stereocenters. The Hall–Kier alpha value is -1.12. The van der Waals surface area contributed by atoms with E-state index in [0.717, 1.165) is 5.56 Å². The van der Waals surface area contributed by atoms with Gasteiger partial charge >= 0.3 is 0 Å². The van der Waals surface area contributed by atoms with Crippen LogP contribution in [0.4, 0.5) is 0 Å². The van der Waals surface area contributed by atoms with E-state index in [1.807, 2.05) is 36.4 Å². The Balaban J connectivity index is 2.10. The van der Waals surface area contributed by atoms with Gasteiger partial charge in [-0.3, -0.25) is 0 Å². The topological polar surface area (TPSA) is 40.5 Å². The molecule has 0 unspecified atom stereocenters. The highest BCUT2D eigenvalue weighted by Crippen LogP contribution is 2.30. The minimum Gasteiger partial charge on any atom is -0.389 e. The molecule has 0 spiro atoms. The number of rotatable bonds is 2. The van der Waals surface area contributed by atoms with Crippen molar-refractivity contribution in [1.29, 1.82) is 0 Å². The molecule has 74 valence electrons. The molecule has 1 aromatic rings. The summed E-state index contributed by atoms with van der Waals surface area (Å²) >= 11 is 0. The molecule has 1 aliphatic carbocycles. The molecule has 0 saturated heterocycles. The Labute approximate surface area is 83.5 Å². The molecule has 0 amide bonds. The molecule has 2 heteroatoms. The zero-order valence-electron chi connectivity index (χ0n) is 7.88. The first-order valence-corrected chi connectivity index (χ1v) is 4.87. The minimum absolute atomic E-state index is 0.0485. The summed E-state index contributed by atoms with van der Waals surface area (Å²) in [6, 6.07) is 9.56. The van der Waals surface area contributed by atoms with Gasteiger partial charge in [0.05, 0.1) is 12.2 Å². The highest BCUT2D eigenvalue weighted by Gasteiger charge is 2.24. The predicted molar refractivity (Wildman–Crippen MR) is 54.7 cm³/mol. The van der Waals surface area contributed by atoms with E-state index < -0.39 is 12.2 Å². The summed E-state index contributed by atoms with van der Waals surface area (Å²) in [4.78, 5) is 0. The van der Waals surface area contributed by atoms with Crippen molar-refractivity contribution in [3.05, 3.63) is 48.0 Å². The van der Waals surface area contributed by atoms with Crippen LogP contribution in [0.25, 0.3) is 0 Å². The molecule has 0 bridgehead atoms. The van der Waals surface area contributed by atoms with Gasteiger partial charge in [-0.2, -0.15) is 0 Å². The molecule has 1 aromatic carbocycles. The fraction of sp³-hybridized carbons (Fsp3) is 0.333. The maximum absolute atomic E-state index is 9.98. The van der Waals surface area contributed by atoms with Gasteiger partial charge in [0.15, 0.2) is 0 Å². The third-order valence-corrected chi connectivity index (χ3v) is 2.64. The van der Waals surface area contributed by atoms with Crippen molar-refractivity contribution in [2.24, 2.45) is 5.92 Å². The number of benzene rings is 1. The first kappa shape index (κ1) is 9.44. The van der Waals surface area contributed by atoms with Crippen molar-refractivity contribution in [3.63, 3.8) is 0 Å². The van der Waals surface area contributed by atoms with Gasteiger partial charge in [-0.25, -0.2) is 0 Å². The van der Waals surface area contributed by atoms with Gasteiger partial charge in [0, 0.05) is 5.92 Å². The maximum Gasteiger partial charge on any atom is 0.0853 e. The molecule has 0 saturated carbocycles. The maximum atomic E-state index is 9.98. The molecular formula is C12H14O2. The van der Waals surface area contributed by atoms with Gasteiger partial charge in [-0.1, -0.05) is 42.5 Å². The lowest BCUT2D eigenvalue weighted by atomic mass is 9.95. The van der Waals surface area contributed by atoms with Crippen LogP contribution in [0.5, 0.6) is 0 Å². The van der Waals surface area contributed by atoms with E-state index in [1.54, 1.807) is 6.08 Å². The molecule has 1 aliphatic rings. The Morgan fingerprint density at radius 3 is 2.43 bits per heavy atom. The second-order valence-corrected chi connectivity index (χ2v) is 3.71. The Morgan fingerprint density at radius 2 is 1.86 bits per heavy atom. The molecule has 0 fully saturated rings. The van der Waals surface area contributed by atoms with E-state index in [9.17, 15) is 10.2 Å². The van der Waals surface area contributed by atoms with Gasteiger partial charge in [0.25, 0.3) is 0 Å². The van der Waals surface area contributed by atoms with Crippen LogP contribution in [-0.2, 0) is 0 Å². The summed E-state index contributed by atoms with van der Waals surface area (Å²) in [5.41, 5.74) is 0.913. The monoisotopic (exact) mass is 190 g/mol. The number of aliphatic hydroxyl groups excluding tert-OH is 2. The zero-order valence-corrected chi connectivity index (χ0v) is 7.88. The van der Waals surface area contributed by atoms with E-state index in [0.29, 0.717) is 6.42 Å². The van der Waals surface area contributed by atoms with E-state index in [2.05, 4.69) is 0 Å². The first-order valence-electron chi connectivity index (χ1n) is 4.87. The third-order valence-electron chi connectivity index (χ3n) is 2.64. The van der Waals surface area contributed by atoms with Crippen LogP contribution in [0, 0.1) is 5.92 Å². The van der Waals surface area contributed by atoms with E-state index in [4.69, 9.17) is 0 Å². The molecule has 0 radical (unpaired) electrons.